The van der Waals surface area contributed by atoms with Gasteiger partial charge in [-0.05, 0) is 37.0 Å². The van der Waals surface area contributed by atoms with Crippen LogP contribution in [0, 0.1) is 0 Å². The summed E-state index contributed by atoms with van der Waals surface area (Å²) in [5.41, 5.74) is 2.74. The molecule has 1 nitrogen and oxygen atoms in total. The molecule has 0 aliphatic rings. The lowest BCUT2D eigenvalue weighted by molar-refractivity contribution is 0.669. The van der Waals surface area contributed by atoms with E-state index in [4.69, 9.17) is 0 Å². The van der Waals surface area contributed by atoms with Crippen molar-refractivity contribution < 1.29 is 0 Å². The fraction of sp³-hybridized carbons (Fsp3) is 0.294. The number of rotatable bonds is 5. The van der Waals surface area contributed by atoms with Gasteiger partial charge in [0.25, 0.3) is 0 Å². The Kier molecular flexibility index (Phi) is 3.79. The van der Waals surface area contributed by atoms with Crippen molar-refractivity contribution in [2.45, 2.75) is 19.4 Å². The summed E-state index contributed by atoms with van der Waals surface area (Å²) in [6, 6.07) is 17.5. The highest BCUT2D eigenvalue weighted by molar-refractivity contribution is 7.98. The van der Waals surface area contributed by atoms with Gasteiger partial charge in [-0.2, -0.15) is 11.8 Å². The zero-order valence-corrected chi connectivity index (χ0v) is 12.1. The molecule has 0 aliphatic carbocycles. The Morgan fingerprint density at radius 3 is 2.00 bits per heavy atom. The third-order valence-corrected chi connectivity index (χ3v) is 4.36. The molecule has 0 aliphatic heterocycles. The summed E-state index contributed by atoms with van der Waals surface area (Å²) in [6.45, 7) is 1.12. The number of aromatic nitrogens is 1. The van der Waals surface area contributed by atoms with E-state index in [1.54, 1.807) is 0 Å². The highest BCUT2D eigenvalue weighted by atomic mass is 32.2. The van der Waals surface area contributed by atoms with E-state index in [2.05, 4.69) is 59.4 Å². The molecule has 0 N–H and O–H groups in total. The maximum Gasteiger partial charge on any atom is 0.0491 e. The number of para-hydroxylation sites is 2. The number of hydrogen-bond acceptors (Lipinski definition) is 1. The monoisotopic (exact) mass is 269 g/mol. The number of nitrogens with zero attached hydrogens (tertiary/aromatic N) is 1. The fourth-order valence-corrected chi connectivity index (χ4v) is 3.25. The molecule has 3 aromatic rings. The maximum absolute atomic E-state index is 2.48. The van der Waals surface area contributed by atoms with Gasteiger partial charge in [-0.15, -0.1) is 0 Å². The molecule has 0 amide bonds. The molecule has 2 aromatic carbocycles. The van der Waals surface area contributed by atoms with Crippen LogP contribution in [-0.4, -0.2) is 16.6 Å². The van der Waals surface area contributed by atoms with E-state index in [1.165, 1.54) is 40.4 Å². The molecule has 0 atom stereocenters. The first-order valence-electron chi connectivity index (χ1n) is 6.87. The van der Waals surface area contributed by atoms with Crippen LogP contribution in [0.1, 0.15) is 12.8 Å². The van der Waals surface area contributed by atoms with Crippen LogP contribution < -0.4 is 0 Å². The zero-order valence-electron chi connectivity index (χ0n) is 11.3. The van der Waals surface area contributed by atoms with E-state index in [0.29, 0.717) is 0 Å². The van der Waals surface area contributed by atoms with Gasteiger partial charge in [0.1, 0.15) is 0 Å². The molecule has 0 saturated carbocycles. The molecule has 0 spiro atoms. The Hall–Kier alpha value is -1.41. The van der Waals surface area contributed by atoms with Crippen LogP contribution in [0.5, 0.6) is 0 Å². The number of aryl methyl sites for hydroxylation is 1. The predicted molar refractivity (Wildman–Crippen MR) is 87.1 cm³/mol. The first kappa shape index (κ1) is 12.6. The summed E-state index contributed by atoms with van der Waals surface area (Å²) in [7, 11) is 0. The summed E-state index contributed by atoms with van der Waals surface area (Å²) < 4.78 is 2.48. The van der Waals surface area contributed by atoms with E-state index >= 15 is 0 Å². The van der Waals surface area contributed by atoms with Crippen LogP contribution in [-0.2, 0) is 6.54 Å². The first-order valence-corrected chi connectivity index (χ1v) is 8.26. The molecule has 3 rings (SSSR count). The van der Waals surface area contributed by atoms with E-state index in [1.807, 2.05) is 11.8 Å². The lowest BCUT2D eigenvalue weighted by Crippen LogP contribution is -1.98. The molecule has 1 aromatic heterocycles. The number of hydrogen-bond donors (Lipinski definition) is 0. The molecule has 1 heterocycles. The Morgan fingerprint density at radius 1 is 0.842 bits per heavy atom. The lowest BCUT2D eigenvalue weighted by Gasteiger charge is -2.06. The molecule has 0 saturated heterocycles. The molecule has 98 valence electrons. The van der Waals surface area contributed by atoms with Crippen LogP contribution >= 0.6 is 11.8 Å². The predicted octanol–water partition coefficient (Wildman–Crippen LogP) is 4.94. The van der Waals surface area contributed by atoms with E-state index < -0.39 is 0 Å². The van der Waals surface area contributed by atoms with Gasteiger partial charge in [0.05, 0.1) is 0 Å². The molecular weight excluding hydrogens is 250 g/mol. The van der Waals surface area contributed by atoms with Gasteiger partial charge in [-0.1, -0.05) is 36.4 Å². The number of unbranched alkanes of at least 4 members (excludes halogenated alkanes) is 1. The highest BCUT2D eigenvalue weighted by Crippen LogP contribution is 2.28. The van der Waals surface area contributed by atoms with Crippen molar-refractivity contribution in [1.29, 1.82) is 0 Å². The van der Waals surface area contributed by atoms with Gasteiger partial charge >= 0.3 is 0 Å². The van der Waals surface area contributed by atoms with Gasteiger partial charge in [0, 0.05) is 28.4 Å². The van der Waals surface area contributed by atoms with Crippen molar-refractivity contribution in [3.8, 4) is 0 Å². The molecule has 0 radical (unpaired) electrons. The van der Waals surface area contributed by atoms with Crippen molar-refractivity contribution in [2.24, 2.45) is 0 Å². The van der Waals surface area contributed by atoms with Crippen molar-refractivity contribution in [3.05, 3.63) is 48.5 Å². The van der Waals surface area contributed by atoms with Crippen LogP contribution in [0.25, 0.3) is 21.8 Å². The number of fused-ring (bicyclic) bond motifs is 3. The molecule has 0 unspecified atom stereocenters. The standard InChI is InChI=1S/C17H19NS/c1-19-13-7-6-12-18-16-10-4-2-8-14(16)15-9-3-5-11-17(15)18/h2-5,8-11H,6-7,12-13H2,1H3. The SMILES string of the molecule is CSCCCCn1c2ccccc2c2ccccc21. The average molecular weight is 269 g/mol. The normalized spacial score (nSPS) is 11.4. The van der Waals surface area contributed by atoms with Crippen LogP contribution in [0.3, 0.4) is 0 Å². The fourth-order valence-electron chi connectivity index (χ4n) is 2.76. The van der Waals surface area contributed by atoms with Gasteiger partial charge in [0.15, 0.2) is 0 Å². The Labute approximate surface area is 118 Å². The van der Waals surface area contributed by atoms with Crippen LogP contribution in [0.4, 0.5) is 0 Å². The van der Waals surface area contributed by atoms with Gasteiger partial charge < -0.3 is 4.57 Å². The average Bonchev–Trinajstić information content (AvgIpc) is 2.78. The highest BCUT2D eigenvalue weighted by Gasteiger charge is 2.08. The van der Waals surface area contributed by atoms with Gasteiger partial charge in [-0.3, -0.25) is 0 Å². The Balaban J connectivity index is 2.04. The molecule has 19 heavy (non-hydrogen) atoms. The van der Waals surface area contributed by atoms with E-state index in [9.17, 15) is 0 Å². The van der Waals surface area contributed by atoms with Crippen LogP contribution in [0.2, 0.25) is 0 Å². The van der Waals surface area contributed by atoms with Gasteiger partial charge in [-0.25, -0.2) is 0 Å². The molecular formula is C17H19NS. The largest absolute Gasteiger partial charge is 0.340 e. The molecule has 0 fully saturated rings. The second-order valence-corrected chi connectivity index (χ2v) is 5.87. The second-order valence-electron chi connectivity index (χ2n) is 4.89. The minimum atomic E-state index is 1.12. The Morgan fingerprint density at radius 2 is 1.42 bits per heavy atom. The van der Waals surface area contributed by atoms with Crippen molar-refractivity contribution in [3.63, 3.8) is 0 Å². The van der Waals surface area contributed by atoms with Gasteiger partial charge in [0.2, 0.25) is 0 Å². The zero-order chi connectivity index (χ0) is 13.1. The molecule has 0 bridgehead atoms. The van der Waals surface area contributed by atoms with E-state index in [0.717, 1.165) is 6.54 Å². The first-order chi connectivity index (χ1) is 9.42. The Bertz CT molecular complexity index is 631. The second kappa shape index (κ2) is 5.70. The molecule has 2 heteroatoms. The topological polar surface area (TPSA) is 4.93 Å². The quantitative estimate of drug-likeness (QED) is 0.594. The maximum atomic E-state index is 2.48. The minimum absolute atomic E-state index is 1.12. The number of thioether (sulfide) groups is 1. The summed E-state index contributed by atoms with van der Waals surface area (Å²) in [5.74, 6) is 1.26. The summed E-state index contributed by atoms with van der Waals surface area (Å²) >= 11 is 1.94. The van der Waals surface area contributed by atoms with Crippen molar-refractivity contribution in [1.82, 2.24) is 4.57 Å². The third kappa shape index (κ3) is 2.37. The number of benzene rings is 2. The van der Waals surface area contributed by atoms with Crippen molar-refractivity contribution >= 4 is 33.6 Å². The van der Waals surface area contributed by atoms with Crippen molar-refractivity contribution in [2.75, 3.05) is 12.0 Å². The smallest absolute Gasteiger partial charge is 0.0491 e. The lowest BCUT2D eigenvalue weighted by atomic mass is 10.2. The van der Waals surface area contributed by atoms with Crippen LogP contribution in [0.15, 0.2) is 48.5 Å². The minimum Gasteiger partial charge on any atom is -0.340 e. The summed E-state index contributed by atoms with van der Waals surface area (Å²) in [6.07, 6.45) is 4.73. The summed E-state index contributed by atoms with van der Waals surface area (Å²) in [5, 5.41) is 2.76. The van der Waals surface area contributed by atoms with E-state index in [-0.39, 0.29) is 0 Å². The summed E-state index contributed by atoms with van der Waals surface area (Å²) in [4.78, 5) is 0. The third-order valence-electron chi connectivity index (χ3n) is 3.66.